The molecule has 0 aliphatic rings. The molecule has 2 N–H and O–H groups in total. The summed E-state index contributed by atoms with van der Waals surface area (Å²) in [6.45, 7) is 6.97. The van der Waals surface area contributed by atoms with E-state index in [0.29, 0.717) is 11.3 Å². The summed E-state index contributed by atoms with van der Waals surface area (Å²) in [4.78, 5) is 23.5. The lowest BCUT2D eigenvalue weighted by atomic mass is 10.1. The number of hydrogen-bond donors (Lipinski definition) is 2. The average molecular weight is 374 g/mol. The molecule has 0 unspecified atom stereocenters. The van der Waals surface area contributed by atoms with E-state index in [1.54, 1.807) is 18.2 Å². The van der Waals surface area contributed by atoms with E-state index in [0.717, 1.165) is 0 Å². The van der Waals surface area contributed by atoms with Crippen molar-refractivity contribution in [1.29, 1.82) is 0 Å². The average Bonchev–Trinajstić information content (AvgIpc) is 2.53. The van der Waals surface area contributed by atoms with Crippen LogP contribution in [0.5, 0.6) is 0 Å². The number of ketones is 1. The van der Waals surface area contributed by atoms with Crippen LogP contribution in [0, 0.1) is 0 Å². The van der Waals surface area contributed by atoms with Gasteiger partial charge in [0.15, 0.2) is 5.78 Å². The highest BCUT2D eigenvalue weighted by Crippen LogP contribution is 2.18. The van der Waals surface area contributed by atoms with Gasteiger partial charge in [-0.2, -0.15) is 0 Å². The molecule has 0 aliphatic heterocycles. The van der Waals surface area contributed by atoms with Gasteiger partial charge in [-0.15, -0.1) is 0 Å². The molecule has 2 aromatic rings. The Bertz CT molecular complexity index is 927. The third kappa shape index (κ3) is 5.16. The predicted molar refractivity (Wildman–Crippen MR) is 101 cm³/mol. The third-order valence-electron chi connectivity index (χ3n) is 3.44. The van der Waals surface area contributed by atoms with Crippen LogP contribution in [-0.2, 0) is 10.0 Å². The lowest BCUT2D eigenvalue weighted by Crippen LogP contribution is -2.40. The summed E-state index contributed by atoms with van der Waals surface area (Å²) in [7, 11) is -3.86. The van der Waals surface area contributed by atoms with Crippen LogP contribution in [0.2, 0.25) is 0 Å². The Labute approximate surface area is 153 Å². The SMILES string of the molecule is CC(=O)c1ccc(NS(=O)(=O)c2cccc(C(=O)NC(C)(C)C)c2)cc1. The molecule has 6 nitrogen and oxygen atoms in total. The summed E-state index contributed by atoms with van der Waals surface area (Å²) in [6.07, 6.45) is 0. The Hall–Kier alpha value is -2.67. The van der Waals surface area contributed by atoms with Crippen molar-refractivity contribution in [2.24, 2.45) is 0 Å². The first kappa shape index (κ1) is 19.7. The van der Waals surface area contributed by atoms with Crippen LogP contribution in [0.25, 0.3) is 0 Å². The van der Waals surface area contributed by atoms with Crippen molar-refractivity contribution >= 4 is 27.4 Å². The van der Waals surface area contributed by atoms with Crippen molar-refractivity contribution in [3.8, 4) is 0 Å². The molecule has 26 heavy (non-hydrogen) atoms. The number of carbonyl (C=O) groups excluding carboxylic acids is 2. The maximum Gasteiger partial charge on any atom is 0.261 e. The topological polar surface area (TPSA) is 92.3 Å². The quantitative estimate of drug-likeness (QED) is 0.786. The zero-order valence-electron chi connectivity index (χ0n) is 15.2. The van der Waals surface area contributed by atoms with Gasteiger partial charge >= 0.3 is 0 Å². The van der Waals surface area contributed by atoms with Crippen molar-refractivity contribution in [2.75, 3.05) is 4.72 Å². The smallest absolute Gasteiger partial charge is 0.261 e. The van der Waals surface area contributed by atoms with Crippen LogP contribution >= 0.6 is 0 Å². The summed E-state index contributed by atoms with van der Waals surface area (Å²) >= 11 is 0. The molecule has 7 heteroatoms. The van der Waals surface area contributed by atoms with E-state index >= 15 is 0 Å². The maximum atomic E-state index is 12.6. The molecule has 0 aromatic heterocycles. The molecule has 0 atom stereocenters. The highest BCUT2D eigenvalue weighted by atomic mass is 32.2. The summed E-state index contributed by atoms with van der Waals surface area (Å²) < 4.78 is 27.6. The van der Waals surface area contributed by atoms with Gasteiger partial charge < -0.3 is 5.32 Å². The number of benzene rings is 2. The lowest BCUT2D eigenvalue weighted by molar-refractivity contribution is 0.0918. The first-order chi connectivity index (χ1) is 12.0. The van der Waals surface area contributed by atoms with Crippen molar-refractivity contribution in [2.45, 2.75) is 38.1 Å². The number of rotatable bonds is 5. The van der Waals surface area contributed by atoms with Crippen LogP contribution in [0.3, 0.4) is 0 Å². The summed E-state index contributed by atoms with van der Waals surface area (Å²) in [6, 6.07) is 12.0. The van der Waals surface area contributed by atoms with Gasteiger partial charge in [-0.25, -0.2) is 8.42 Å². The normalized spacial score (nSPS) is 11.7. The van der Waals surface area contributed by atoms with Crippen LogP contribution in [0.15, 0.2) is 53.4 Å². The second kappa shape index (κ2) is 7.29. The molecule has 0 bridgehead atoms. The number of hydrogen-bond acceptors (Lipinski definition) is 4. The molecule has 0 spiro atoms. The van der Waals surface area contributed by atoms with E-state index in [9.17, 15) is 18.0 Å². The van der Waals surface area contributed by atoms with Crippen molar-refractivity contribution in [3.63, 3.8) is 0 Å². The fourth-order valence-electron chi connectivity index (χ4n) is 2.20. The van der Waals surface area contributed by atoms with Crippen LogP contribution < -0.4 is 10.0 Å². The van der Waals surface area contributed by atoms with E-state index in [1.165, 1.54) is 37.3 Å². The number of amides is 1. The van der Waals surface area contributed by atoms with Gasteiger partial charge in [0.1, 0.15) is 0 Å². The highest BCUT2D eigenvalue weighted by Gasteiger charge is 2.19. The Morgan fingerprint density at radius 3 is 2.08 bits per heavy atom. The van der Waals surface area contributed by atoms with E-state index in [4.69, 9.17) is 0 Å². The zero-order chi connectivity index (χ0) is 19.5. The number of Topliss-reactive ketones (excluding diaryl/α,β-unsaturated/α-hetero) is 1. The Morgan fingerprint density at radius 2 is 1.54 bits per heavy atom. The Balaban J connectivity index is 2.25. The molecular formula is C19H22N2O4S. The second-order valence-electron chi connectivity index (χ2n) is 6.97. The third-order valence-corrected chi connectivity index (χ3v) is 4.82. The molecule has 0 saturated carbocycles. The van der Waals surface area contributed by atoms with E-state index in [2.05, 4.69) is 10.0 Å². The van der Waals surface area contributed by atoms with Gasteiger partial charge in [0.05, 0.1) is 4.90 Å². The fraction of sp³-hybridized carbons (Fsp3) is 0.263. The molecule has 0 fully saturated rings. The van der Waals surface area contributed by atoms with E-state index < -0.39 is 15.6 Å². The van der Waals surface area contributed by atoms with Gasteiger partial charge in [-0.1, -0.05) is 6.07 Å². The molecule has 2 aromatic carbocycles. The van der Waals surface area contributed by atoms with Crippen LogP contribution in [0.4, 0.5) is 5.69 Å². The van der Waals surface area contributed by atoms with Gasteiger partial charge in [0.2, 0.25) is 0 Å². The van der Waals surface area contributed by atoms with Crippen LogP contribution in [0.1, 0.15) is 48.4 Å². The minimum atomic E-state index is -3.86. The number of sulfonamides is 1. The molecular weight excluding hydrogens is 352 g/mol. The van der Waals surface area contributed by atoms with Crippen molar-refractivity contribution in [1.82, 2.24) is 5.32 Å². The lowest BCUT2D eigenvalue weighted by Gasteiger charge is -2.20. The second-order valence-corrected chi connectivity index (χ2v) is 8.65. The highest BCUT2D eigenvalue weighted by molar-refractivity contribution is 7.92. The molecule has 138 valence electrons. The number of anilines is 1. The molecule has 0 radical (unpaired) electrons. The minimum absolute atomic E-state index is 0.0188. The first-order valence-electron chi connectivity index (χ1n) is 8.04. The van der Waals surface area contributed by atoms with Crippen LogP contribution in [-0.4, -0.2) is 25.6 Å². The first-order valence-corrected chi connectivity index (χ1v) is 9.53. The monoisotopic (exact) mass is 374 g/mol. The molecule has 0 heterocycles. The molecule has 1 amide bonds. The maximum absolute atomic E-state index is 12.6. The minimum Gasteiger partial charge on any atom is -0.347 e. The van der Waals surface area contributed by atoms with Gasteiger partial charge in [0, 0.05) is 22.4 Å². The molecule has 0 aliphatic carbocycles. The number of carbonyl (C=O) groups is 2. The van der Waals surface area contributed by atoms with E-state index in [-0.39, 0.29) is 22.1 Å². The van der Waals surface area contributed by atoms with Gasteiger partial charge in [-0.3, -0.25) is 14.3 Å². The van der Waals surface area contributed by atoms with Crippen molar-refractivity contribution < 1.29 is 18.0 Å². The predicted octanol–water partition coefficient (Wildman–Crippen LogP) is 3.22. The van der Waals surface area contributed by atoms with E-state index in [1.807, 2.05) is 20.8 Å². The zero-order valence-corrected chi connectivity index (χ0v) is 16.0. The Kier molecular flexibility index (Phi) is 5.51. The van der Waals surface area contributed by atoms with Gasteiger partial charge in [0.25, 0.3) is 15.9 Å². The fourth-order valence-corrected chi connectivity index (χ4v) is 3.31. The standard InChI is InChI=1S/C19H22N2O4S/c1-13(22)14-8-10-16(11-9-14)21-26(24,25)17-7-5-6-15(12-17)18(23)20-19(2,3)4/h5-12,21H,1-4H3,(H,20,23). The largest absolute Gasteiger partial charge is 0.347 e. The molecule has 2 rings (SSSR count). The number of nitrogens with one attached hydrogen (secondary N) is 2. The summed E-state index contributed by atoms with van der Waals surface area (Å²) in [5.41, 5.74) is 0.658. The summed E-state index contributed by atoms with van der Waals surface area (Å²) in [5.74, 6) is -0.447. The van der Waals surface area contributed by atoms with Crippen molar-refractivity contribution in [3.05, 3.63) is 59.7 Å². The Morgan fingerprint density at radius 1 is 0.923 bits per heavy atom. The summed E-state index contributed by atoms with van der Waals surface area (Å²) in [5, 5.41) is 2.79. The van der Waals surface area contributed by atoms with Gasteiger partial charge in [-0.05, 0) is 70.2 Å². The molecule has 0 saturated heterocycles.